The van der Waals surface area contributed by atoms with Crippen LogP contribution in [0.2, 0.25) is 0 Å². The average Bonchev–Trinajstić information content (AvgIpc) is 2.64. The maximum absolute atomic E-state index is 12.9. The Morgan fingerprint density at radius 1 is 1.56 bits per heavy atom. The highest BCUT2D eigenvalue weighted by Crippen LogP contribution is 2.21. The van der Waals surface area contributed by atoms with Gasteiger partial charge in [0.15, 0.2) is 5.78 Å². The molecule has 1 aromatic heterocycles. The van der Waals surface area contributed by atoms with Crippen LogP contribution in [-0.4, -0.2) is 15.6 Å². The van der Waals surface area contributed by atoms with Gasteiger partial charge in [0, 0.05) is 17.9 Å². The van der Waals surface area contributed by atoms with Gasteiger partial charge in [-0.2, -0.15) is 5.10 Å². The fourth-order valence-corrected chi connectivity index (χ4v) is 2.09. The van der Waals surface area contributed by atoms with Gasteiger partial charge in [-0.05, 0) is 17.7 Å². The first-order valence-corrected chi connectivity index (χ1v) is 6.03. The van der Waals surface area contributed by atoms with E-state index in [1.165, 1.54) is 23.0 Å². The van der Waals surface area contributed by atoms with Gasteiger partial charge in [0.05, 0.1) is 11.8 Å². The van der Waals surface area contributed by atoms with Crippen molar-refractivity contribution in [2.75, 3.05) is 5.73 Å². The van der Waals surface area contributed by atoms with Crippen LogP contribution in [0.5, 0.6) is 0 Å². The molecule has 2 rings (SSSR count). The van der Waals surface area contributed by atoms with Gasteiger partial charge >= 0.3 is 0 Å². The Hall–Kier alpha value is -1.69. The second-order valence-electron chi connectivity index (χ2n) is 3.90. The molecule has 6 heteroatoms. The van der Waals surface area contributed by atoms with E-state index < -0.39 is 0 Å². The second-order valence-corrected chi connectivity index (χ2v) is 4.76. The summed E-state index contributed by atoms with van der Waals surface area (Å²) in [6.45, 7) is 0. The second kappa shape index (κ2) is 4.89. The van der Waals surface area contributed by atoms with Gasteiger partial charge in [0.2, 0.25) is 0 Å². The highest BCUT2D eigenvalue weighted by Gasteiger charge is 2.15. The molecule has 94 valence electrons. The summed E-state index contributed by atoms with van der Waals surface area (Å²) in [5.41, 5.74) is 6.82. The van der Waals surface area contributed by atoms with Gasteiger partial charge in [0.25, 0.3) is 0 Å². The Bertz CT molecular complexity index is 609. The lowest BCUT2D eigenvalue weighted by Crippen LogP contribution is -2.07. The SMILES string of the molecule is Cn1ncc(C(=O)Cc2ccc(F)cc2Br)c1N. The van der Waals surface area contributed by atoms with E-state index in [1.807, 2.05) is 0 Å². The number of Topliss-reactive ketones (excluding diaryl/α,β-unsaturated/α-hetero) is 1. The monoisotopic (exact) mass is 311 g/mol. The fraction of sp³-hybridized carbons (Fsp3) is 0.167. The molecule has 0 fully saturated rings. The number of hydrogen-bond acceptors (Lipinski definition) is 3. The van der Waals surface area contributed by atoms with E-state index in [4.69, 9.17) is 5.73 Å². The van der Waals surface area contributed by atoms with Crippen LogP contribution < -0.4 is 5.73 Å². The number of nitrogens with zero attached hydrogens (tertiary/aromatic N) is 2. The van der Waals surface area contributed by atoms with E-state index >= 15 is 0 Å². The van der Waals surface area contributed by atoms with Gasteiger partial charge in [-0.25, -0.2) is 4.39 Å². The number of hydrogen-bond donors (Lipinski definition) is 1. The fourth-order valence-electron chi connectivity index (χ4n) is 1.60. The minimum atomic E-state index is -0.348. The van der Waals surface area contributed by atoms with Gasteiger partial charge in [-0.15, -0.1) is 0 Å². The molecule has 0 saturated heterocycles. The summed E-state index contributed by atoms with van der Waals surface area (Å²) >= 11 is 3.23. The van der Waals surface area contributed by atoms with Crippen LogP contribution in [0.4, 0.5) is 10.2 Å². The summed E-state index contributed by atoms with van der Waals surface area (Å²) in [7, 11) is 1.67. The van der Waals surface area contributed by atoms with Crippen molar-refractivity contribution in [3.8, 4) is 0 Å². The molecule has 18 heavy (non-hydrogen) atoms. The third-order valence-corrected chi connectivity index (χ3v) is 3.39. The molecule has 0 amide bonds. The molecule has 2 N–H and O–H groups in total. The van der Waals surface area contributed by atoms with E-state index in [2.05, 4.69) is 21.0 Å². The van der Waals surface area contributed by atoms with Crippen molar-refractivity contribution < 1.29 is 9.18 Å². The van der Waals surface area contributed by atoms with Crippen molar-refractivity contribution in [1.29, 1.82) is 0 Å². The number of nitrogen functional groups attached to an aromatic ring is 1. The normalized spacial score (nSPS) is 10.6. The first kappa shape index (κ1) is 12.8. The summed E-state index contributed by atoms with van der Waals surface area (Å²) in [6, 6.07) is 4.22. The molecule has 0 saturated carbocycles. The Balaban J connectivity index is 2.24. The van der Waals surface area contributed by atoms with Crippen LogP contribution >= 0.6 is 15.9 Å². The lowest BCUT2D eigenvalue weighted by atomic mass is 10.1. The molecular formula is C12H11BrFN3O. The molecule has 0 atom stereocenters. The van der Waals surface area contributed by atoms with E-state index in [9.17, 15) is 9.18 Å². The predicted octanol–water partition coefficient (Wildman–Crippen LogP) is 2.33. The molecule has 2 aromatic rings. The summed E-state index contributed by atoms with van der Waals surface area (Å²) < 4.78 is 14.9. The van der Waals surface area contributed by atoms with Crippen molar-refractivity contribution >= 4 is 27.5 Å². The smallest absolute Gasteiger partial charge is 0.172 e. The van der Waals surface area contributed by atoms with Gasteiger partial charge < -0.3 is 5.73 Å². The quantitative estimate of drug-likeness (QED) is 0.885. The lowest BCUT2D eigenvalue weighted by Gasteiger charge is -2.04. The number of ketones is 1. The van der Waals surface area contributed by atoms with Gasteiger partial charge in [-0.3, -0.25) is 9.48 Å². The zero-order valence-corrected chi connectivity index (χ0v) is 11.2. The van der Waals surface area contributed by atoms with E-state index in [-0.39, 0.29) is 18.0 Å². The summed E-state index contributed by atoms with van der Waals surface area (Å²) in [6.07, 6.45) is 1.59. The number of carbonyl (C=O) groups excluding carboxylic acids is 1. The maximum Gasteiger partial charge on any atom is 0.172 e. The van der Waals surface area contributed by atoms with Crippen LogP contribution in [0, 0.1) is 5.82 Å². The van der Waals surface area contributed by atoms with Gasteiger partial charge in [-0.1, -0.05) is 22.0 Å². The topological polar surface area (TPSA) is 60.9 Å². The lowest BCUT2D eigenvalue weighted by molar-refractivity contribution is 0.0993. The van der Waals surface area contributed by atoms with Crippen LogP contribution in [0.3, 0.4) is 0 Å². The third-order valence-electron chi connectivity index (χ3n) is 2.65. The summed E-state index contributed by atoms with van der Waals surface area (Å²) in [5.74, 6) is -0.162. The molecule has 0 radical (unpaired) electrons. The molecule has 1 aromatic carbocycles. The predicted molar refractivity (Wildman–Crippen MR) is 69.8 cm³/mol. The standard InChI is InChI=1S/C12H11BrFN3O/c1-17-12(15)9(6-16-17)11(18)4-7-2-3-8(14)5-10(7)13/h2-3,5-6H,4,15H2,1H3. The van der Waals surface area contributed by atoms with Crippen LogP contribution in [0.25, 0.3) is 0 Å². The Morgan fingerprint density at radius 3 is 2.83 bits per heavy atom. The third kappa shape index (κ3) is 2.43. The van der Waals surface area contributed by atoms with Crippen molar-refractivity contribution in [3.05, 3.63) is 45.8 Å². The highest BCUT2D eigenvalue weighted by molar-refractivity contribution is 9.10. The van der Waals surface area contributed by atoms with E-state index in [0.29, 0.717) is 21.4 Å². The van der Waals surface area contributed by atoms with Gasteiger partial charge in [0.1, 0.15) is 11.6 Å². The maximum atomic E-state index is 12.9. The van der Waals surface area contributed by atoms with E-state index in [0.717, 1.165) is 0 Å². The van der Waals surface area contributed by atoms with Crippen LogP contribution in [0.15, 0.2) is 28.9 Å². The number of aromatic nitrogens is 2. The first-order valence-electron chi connectivity index (χ1n) is 5.23. The molecule has 0 aliphatic rings. The summed E-state index contributed by atoms with van der Waals surface area (Å²) in [4.78, 5) is 12.0. The largest absolute Gasteiger partial charge is 0.383 e. The van der Waals surface area contributed by atoms with Crippen molar-refractivity contribution in [1.82, 2.24) is 9.78 Å². The molecule has 1 heterocycles. The average molecular weight is 312 g/mol. The highest BCUT2D eigenvalue weighted by atomic mass is 79.9. The minimum absolute atomic E-state index is 0.145. The number of aryl methyl sites for hydroxylation is 1. The number of carbonyl (C=O) groups is 1. The Morgan fingerprint density at radius 2 is 2.28 bits per heavy atom. The van der Waals surface area contributed by atoms with Crippen molar-refractivity contribution in [3.63, 3.8) is 0 Å². The van der Waals surface area contributed by atoms with Crippen molar-refractivity contribution in [2.45, 2.75) is 6.42 Å². The minimum Gasteiger partial charge on any atom is -0.383 e. The molecule has 0 aliphatic carbocycles. The van der Waals surface area contributed by atoms with Crippen LogP contribution in [0.1, 0.15) is 15.9 Å². The Labute approximate surface area is 112 Å². The summed E-state index contributed by atoms with van der Waals surface area (Å²) in [5, 5.41) is 3.91. The molecule has 0 bridgehead atoms. The number of rotatable bonds is 3. The van der Waals surface area contributed by atoms with Crippen molar-refractivity contribution in [2.24, 2.45) is 7.05 Å². The first-order chi connectivity index (χ1) is 8.49. The molecule has 0 unspecified atom stereocenters. The number of halogens is 2. The molecule has 0 aliphatic heterocycles. The molecular weight excluding hydrogens is 301 g/mol. The number of nitrogens with two attached hydrogens (primary N) is 1. The van der Waals surface area contributed by atoms with Crippen LogP contribution in [-0.2, 0) is 13.5 Å². The zero-order valence-electron chi connectivity index (χ0n) is 9.65. The number of anilines is 1. The number of benzene rings is 1. The molecule has 4 nitrogen and oxygen atoms in total. The zero-order chi connectivity index (χ0) is 13.3. The van der Waals surface area contributed by atoms with E-state index in [1.54, 1.807) is 13.1 Å². The Kier molecular flexibility index (Phi) is 3.47. The molecule has 0 spiro atoms.